The largest absolute Gasteiger partial charge is 0.497 e. The minimum Gasteiger partial charge on any atom is -0.497 e. The summed E-state index contributed by atoms with van der Waals surface area (Å²) in [6.07, 6.45) is 6.50. The molecular formula is C43H55NO5S. The van der Waals surface area contributed by atoms with Gasteiger partial charge in [-0.1, -0.05) is 53.2 Å². The monoisotopic (exact) mass is 697 g/mol. The molecule has 1 N–H and O–H groups in total. The van der Waals surface area contributed by atoms with Crippen LogP contribution in [0.5, 0.6) is 17.2 Å². The van der Waals surface area contributed by atoms with Gasteiger partial charge in [-0.05, 0) is 107 Å². The third kappa shape index (κ3) is 7.46. The summed E-state index contributed by atoms with van der Waals surface area (Å²) in [5.41, 5.74) is 5.16. The van der Waals surface area contributed by atoms with Crippen molar-refractivity contribution in [2.24, 2.45) is 10.8 Å². The summed E-state index contributed by atoms with van der Waals surface area (Å²) >= 11 is 1.74. The molecule has 0 aromatic heterocycles. The summed E-state index contributed by atoms with van der Waals surface area (Å²) in [5, 5.41) is 15.2. The van der Waals surface area contributed by atoms with Gasteiger partial charge in [0.25, 0.3) is 0 Å². The Morgan fingerprint density at radius 2 is 1.50 bits per heavy atom. The minimum atomic E-state index is -1.05. The van der Waals surface area contributed by atoms with Crippen LogP contribution in [0.25, 0.3) is 33.0 Å². The van der Waals surface area contributed by atoms with E-state index in [0.29, 0.717) is 32.7 Å². The van der Waals surface area contributed by atoms with Crippen LogP contribution in [-0.4, -0.2) is 58.5 Å². The van der Waals surface area contributed by atoms with Crippen molar-refractivity contribution in [2.75, 3.05) is 58.3 Å². The third-order valence-electron chi connectivity index (χ3n) is 10.4. The number of morpholine rings is 1. The molecule has 50 heavy (non-hydrogen) atoms. The number of fused-ring (bicyclic) bond motifs is 1. The lowest BCUT2D eigenvalue weighted by molar-refractivity contribution is -0.0909. The maximum Gasteiger partial charge on any atom is 0.130 e. The molecule has 1 saturated carbocycles. The number of hydrogen-bond donors (Lipinski definition) is 1. The van der Waals surface area contributed by atoms with Gasteiger partial charge >= 0.3 is 0 Å². The summed E-state index contributed by atoms with van der Waals surface area (Å²) in [7, 11) is 3.39. The highest BCUT2D eigenvalue weighted by Crippen LogP contribution is 2.57. The standard InChI is InChI=1S/C43H55NO5S/c1-9-10-19-49-39-25-36(43(45)27-41(2,3)26-42(4,5)28-43)40(29-11-14-31(50-8)15-12-29)35-24-37(44-17-20-48-21-18-44)33(23-34(35)39)32-16-13-30(46-6)22-38(32)47-7/h11-16,22-25,45H,9-10,17-21,26-28H2,1-8H3. The fourth-order valence-corrected chi connectivity index (χ4v) is 9.27. The second kappa shape index (κ2) is 14.7. The molecule has 4 aromatic carbocycles. The van der Waals surface area contributed by atoms with Crippen LogP contribution < -0.4 is 19.1 Å². The van der Waals surface area contributed by atoms with Gasteiger partial charge in [0.15, 0.2) is 0 Å². The van der Waals surface area contributed by atoms with E-state index in [9.17, 15) is 5.11 Å². The quantitative estimate of drug-likeness (QED) is 0.124. The van der Waals surface area contributed by atoms with Crippen molar-refractivity contribution >= 4 is 28.2 Å². The predicted molar refractivity (Wildman–Crippen MR) is 208 cm³/mol. The number of unbranched alkanes of at least 4 members (excludes halogenated alkanes) is 1. The van der Waals surface area contributed by atoms with Gasteiger partial charge in [-0.2, -0.15) is 0 Å². The predicted octanol–water partition coefficient (Wildman–Crippen LogP) is 10.4. The number of benzene rings is 4. The Kier molecular flexibility index (Phi) is 10.7. The van der Waals surface area contributed by atoms with E-state index in [4.69, 9.17) is 18.9 Å². The molecule has 0 bridgehead atoms. The molecule has 2 fully saturated rings. The zero-order chi connectivity index (χ0) is 35.7. The second-order valence-corrected chi connectivity index (χ2v) is 16.6. The van der Waals surface area contributed by atoms with Crippen LogP contribution in [0.4, 0.5) is 5.69 Å². The van der Waals surface area contributed by atoms with Crippen molar-refractivity contribution in [2.45, 2.75) is 77.2 Å². The van der Waals surface area contributed by atoms with Crippen molar-refractivity contribution < 1.29 is 24.1 Å². The molecule has 1 aliphatic carbocycles. The summed E-state index contributed by atoms with van der Waals surface area (Å²) in [5.74, 6) is 2.30. The van der Waals surface area contributed by atoms with E-state index in [0.717, 1.165) is 93.9 Å². The minimum absolute atomic E-state index is 0.0393. The van der Waals surface area contributed by atoms with Gasteiger partial charge in [0.2, 0.25) is 0 Å². The highest BCUT2D eigenvalue weighted by molar-refractivity contribution is 7.98. The topological polar surface area (TPSA) is 60.4 Å². The molecule has 1 heterocycles. The van der Waals surface area contributed by atoms with Gasteiger partial charge in [0.1, 0.15) is 17.2 Å². The zero-order valence-electron chi connectivity index (χ0n) is 31.3. The third-order valence-corrected chi connectivity index (χ3v) is 11.1. The Morgan fingerprint density at radius 3 is 2.12 bits per heavy atom. The Hall–Kier alpha value is -3.39. The van der Waals surface area contributed by atoms with Crippen molar-refractivity contribution in [3.63, 3.8) is 0 Å². The van der Waals surface area contributed by atoms with Crippen LogP contribution in [0.15, 0.2) is 65.6 Å². The molecule has 1 saturated heterocycles. The van der Waals surface area contributed by atoms with Gasteiger partial charge < -0.3 is 29.0 Å². The van der Waals surface area contributed by atoms with Crippen LogP contribution in [-0.2, 0) is 10.3 Å². The molecular weight excluding hydrogens is 643 g/mol. The highest BCUT2D eigenvalue weighted by Gasteiger charge is 2.48. The summed E-state index contributed by atoms with van der Waals surface area (Å²) in [4.78, 5) is 3.63. The van der Waals surface area contributed by atoms with Crippen molar-refractivity contribution in [3.05, 3.63) is 66.2 Å². The maximum atomic E-state index is 13.1. The smallest absolute Gasteiger partial charge is 0.130 e. The van der Waals surface area contributed by atoms with E-state index in [1.54, 1.807) is 26.0 Å². The van der Waals surface area contributed by atoms with Crippen molar-refractivity contribution in [1.82, 2.24) is 0 Å². The molecule has 0 spiro atoms. The molecule has 2 aliphatic rings. The number of thioether (sulfide) groups is 1. The Morgan fingerprint density at radius 1 is 0.800 bits per heavy atom. The average Bonchev–Trinajstić information content (AvgIpc) is 3.09. The first-order valence-corrected chi connectivity index (χ1v) is 19.3. The average molecular weight is 698 g/mol. The van der Waals surface area contributed by atoms with E-state index in [1.165, 1.54) is 4.90 Å². The molecule has 0 atom stereocenters. The van der Waals surface area contributed by atoms with Crippen molar-refractivity contribution in [1.29, 1.82) is 0 Å². The van der Waals surface area contributed by atoms with E-state index in [1.807, 2.05) is 12.1 Å². The molecule has 6 rings (SSSR count). The Bertz CT molecular complexity index is 1790. The summed E-state index contributed by atoms with van der Waals surface area (Å²) in [6, 6.07) is 21.7. The molecule has 0 unspecified atom stereocenters. The van der Waals surface area contributed by atoms with E-state index >= 15 is 0 Å². The number of nitrogens with zero attached hydrogens (tertiary/aromatic N) is 1. The van der Waals surface area contributed by atoms with Crippen LogP contribution in [0.1, 0.15) is 72.3 Å². The van der Waals surface area contributed by atoms with Gasteiger partial charge in [0.05, 0.1) is 39.6 Å². The van der Waals surface area contributed by atoms with Gasteiger partial charge in [0, 0.05) is 46.3 Å². The lowest BCUT2D eigenvalue weighted by atomic mass is 9.57. The van der Waals surface area contributed by atoms with Crippen LogP contribution in [0, 0.1) is 10.8 Å². The summed E-state index contributed by atoms with van der Waals surface area (Å²) < 4.78 is 24.1. The second-order valence-electron chi connectivity index (χ2n) is 15.7. The lowest BCUT2D eigenvalue weighted by Gasteiger charge is -2.50. The number of aliphatic hydroxyl groups is 1. The number of methoxy groups -OCH3 is 2. The Balaban J connectivity index is 1.72. The normalized spacial score (nSPS) is 18.2. The SMILES string of the molecule is CCCCOc1cc(C2(O)CC(C)(C)CC(C)(C)C2)c(-c2ccc(SC)cc2)c2cc(N3CCOCC3)c(-c3ccc(OC)cc3OC)cc12. The Labute approximate surface area is 303 Å². The molecule has 268 valence electrons. The first-order valence-electron chi connectivity index (χ1n) is 18.1. The van der Waals surface area contributed by atoms with Gasteiger partial charge in [-0.25, -0.2) is 0 Å². The van der Waals surface area contributed by atoms with Gasteiger partial charge in [-0.15, -0.1) is 11.8 Å². The number of rotatable bonds is 11. The molecule has 0 radical (unpaired) electrons. The van der Waals surface area contributed by atoms with Crippen LogP contribution in [0.3, 0.4) is 0 Å². The molecule has 6 nitrogen and oxygen atoms in total. The summed E-state index contributed by atoms with van der Waals surface area (Å²) in [6.45, 7) is 14.9. The molecule has 4 aromatic rings. The van der Waals surface area contributed by atoms with E-state index in [2.05, 4.69) is 94.3 Å². The van der Waals surface area contributed by atoms with Crippen LogP contribution in [0.2, 0.25) is 0 Å². The van der Waals surface area contributed by atoms with E-state index in [-0.39, 0.29) is 10.8 Å². The highest BCUT2D eigenvalue weighted by atomic mass is 32.2. The maximum absolute atomic E-state index is 13.1. The molecule has 7 heteroatoms. The van der Waals surface area contributed by atoms with E-state index < -0.39 is 5.60 Å². The fraction of sp³-hybridized carbons (Fsp3) is 0.488. The zero-order valence-corrected chi connectivity index (χ0v) is 32.1. The van der Waals surface area contributed by atoms with Crippen LogP contribution >= 0.6 is 11.8 Å². The lowest BCUT2D eigenvalue weighted by Crippen LogP contribution is -2.44. The number of ether oxygens (including phenoxy) is 4. The molecule has 1 aliphatic heterocycles. The molecule has 0 amide bonds. The fourth-order valence-electron chi connectivity index (χ4n) is 8.87. The number of hydrogen-bond acceptors (Lipinski definition) is 7. The number of anilines is 1. The van der Waals surface area contributed by atoms with Gasteiger partial charge in [-0.3, -0.25) is 0 Å². The first kappa shape index (κ1) is 36.4. The first-order chi connectivity index (χ1) is 23.9. The van der Waals surface area contributed by atoms with Crippen molar-refractivity contribution in [3.8, 4) is 39.5 Å².